The summed E-state index contributed by atoms with van der Waals surface area (Å²) in [5.74, 6) is -2.17. The summed E-state index contributed by atoms with van der Waals surface area (Å²) in [4.78, 5) is 12.5. The minimum atomic E-state index is -4.10. The van der Waals surface area contributed by atoms with Crippen molar-refractivity contribution in [2.24, 2.45) is 5.92 Å². The highest BCUT2D eigenvalue weighted by molar-refractivity contribution is 7.89. The van der Waals surface area contributed by atoms with Gasteiger partial charge in [0.15, 0.2) is 11.5 Å². The van der Waals surface area contributed by atoms with E-state index in [2.05, 4.69) is 10.0 Å². The average Bonchev–Trinajstić information content (AvgIpc) is 2.89. The van der Waals surface area contributed by atoms with E-state index in [9.17, 15) is 22.0 Å². The number of halogens is 2. The van der Waals surface area contributed by atoms with Crippen molar-refractivity contribution in [3.05, 3.63) is 48.0 Å². The van der Waals surface area contributed by atoms with Crippen LogP contribution in [0.4, 0.5) is 14.5 Å². The van der Waals surface area contributed by atoms with E-state index in [1.807, 2.05) is 0 Å². The van der Waals surface area contributed by atoms with Crippen molar-refractivity contribution in [2.45, 2.75) is 31.2 Å². The third-order valence-corrected chi connectivity index (χ3v) is 5.83. The van der Waals surface area contributed by atoms with Crippen molar-refractivity contribution in [2.75, 3.05) is 18.5 Å². The first kappa shape index (κ1) is 22.0. The van der Waals surface area contributed by atoms with Crippen molar-refractivity contribution in [1.82, 2.24) is 4.72 Å². The fourth-order valence-corrected chi connectivity index (χ4v) is 4.24. The molecule has 2 aromatic carbocycles. The van der Waals surface area contributed by atoms with Crippen LogP contribution in [0.1, 0.15) is 20.3 Å². The third-order valence-electron chi connectivity index (χ3n) is 4.39. The maximum absolute atomic E-state index is 13.4. The molecule has 0 radical (unpaired) electrons. The normalized spacial score (nSPS) is 14.8. The molecule has 2 N–H and O–H groups in total. The van der Waals surface area contributed by atoms with E-state index in [0.717, 1.165) is 12.1 Å². The number of carbonyl (C=O) groups excluding carboxylic acids is 1. The lowest BCUT2D eigenvalue weighted by Crippen LogP contribution is -2.47. The second kappa shape index (κ2) is 8.97. The molecule has 3 rings (SSSR count). The lowest BCUT2D eigenvalue weighted by molar-refractivity contribution is -0.118. The molecule has 1 aliphatic rings. The maximum atomic E-state index is 13.4. The molecular formula is C20H22F2N2O5S. The summed E-state index contributed by atoms with van der Waals surface area (Å²) in [6.07, 6.45) is 0.672. The van der Waals surface area contributed by atoms with Crippen molar-refractivity contribution < 1.29 is 31.5 Å². The van der Waals surface area contributed by atoms with Gasteiger partial charge in [-0.3, -0.25) is 4.79 Å². The molecule has 0 spiro atoms. The predicted octanol–water partition coefficient (Wildman–Crippen LogP) is 3.07. The largest absolute Gasteiger partial charge is 0.490 e. The second-order valence-electron chi connectivity index (χ2n) is 7.15. The number of anilines is 1. The minimum Gasteiger partial charge on any atom is -0.490 e. The fraction of sp³-hybridized carbons (Fsp3) is 0.350. The maximum Gasteiger partial charge on any atom is 0.242 e. The summed E-state index contributed by atoms with van der Waals surface area (Å²) in [6, 6.07) is 5.55. The van der Waals surface area contributed by atoms with Gasteiger partial charge in [0.25, 0.3) is 0 Å². The van der Waals surface area contributed by atoms with Crippen molar-refractivity contribution in [3.63, 3.8) is 0 Å². The number of ether oxygens (including phenoxy) is 2. The highest BCUT2D eigenvalue weighted by Crippen LogP contribution is 2.32. The molecule has 7 nitrogen and oxygen atoms in total. The quantitative estimate of drug-likeness (QED) is 0.720. The average molecular weight is 440 g/mol. The summed E-state index contributed by atoms with van der Waals surface area (Å²) < 4.78 is 65.9. The van der Waals surface area contributed by atoms with Crippen LogP contribution in [0.3, 0.4) is 0 Å². The van der Waals surface area contributed by atoms with Crippen molar-refractivity contribution in [3.8, 4) is 11.5 Å². The zero-order chi connectivity index (χ0) is 21.9. The zero-order valence-electron chi connectivity index (χ0n) is 16.4. The molecule has 162 valence electrons. The number of rotatable bonds is 6. The Morgan fingerprint density at radius 1 is 1.00 bits per heavy atom. The van der Waals surface area contributed by atoms with E-state index in [0.29, 0.717) is 37.2 Å². The molecule has 1 heterocycles. The Labute approximate surface area is 173 Å². The van der Waals surface area contributed by atoms with Crippen LogP contribution in [0.5, 0.6) is 11.5 Å². The fourth-order valence-electron chi connectivity index (χ4n) is 2.88. The number of sulfonamides is 1. The van der Waals surface area contributed by atoms with E-state index in [-0.39, 0.29) is 10.6 Å². The third kappa shape index (κ3) is 5.25. The van der Waals surface area contributed by atoms with E-state index < -0.39 is 39.5 Å². The van der Waals surface area contributed by atoms with Gasteiger partial charge < -0.3 is 14.8 Å². The number of fused-ring (bicyclic) bond motifs is 1. The first-order valence-corrected chi connectivity index (χ1v) is 10.8. The SMILES string of the molecule is CC(C)[C@H](NS(=O)(=O)c1ccc2c(c1)OCCCO2)C(=O)Nc1cc(F)cc(F)c1. The smallest absolute Gasteiger partial charge is 0.242 e. The van der Waals surface area contributed by atoms with Crippen LogP contribution in [0, 0.1) is 17.6 Å². The number of amides is 1. The van der Waals surface area contributed by atoms with Crippen molar-refractivity contribution >= 4 is 21.6 Å². The summed E-state index contributed by atoms with van der Waals surface area (Å²) in [5, 5.41) is 2.35. The lowest BCUT2D eigenvalue weighted by atomic mass is 10.0. The molecule has 1 aliphatic heterocycles. The van der Waals surface area contributed by atoms with Gasteiger partial charge in [-0.15, -0.1) is 0 Å². The van der Waals surface area contributed by atoms with Gasteiger partial charge in [0.05, 0.1) is 18.1 Å². The van der Waals surface area contributed by atoms with Crippen LogP contribution >= 0.6 is 0 Å². The van der Waals surface area contributed by atoms with Crippen molar-refractivity contribution in [1.29, 1.82) is 0 Å². The van der Waals surface area contributed by atoms with Crippen LogP contribution in [0.2, 0.25) is 0 Å². The Kier molecular flexibility index (Phi) is 6.57. The lowest BCUT2D eigenvalue weighted by Gasteiger charge is -2.22. The monoisotopic (exact) mass is 440 g/mol. The van der Waals surface area contributed by atoms with E-state index in [1.54, 1.807) is 13.8 Å². The van der Waals surface area contributed by atoms with Crippen LogP contribution in [-0.4, -0.2) is 33.6 Å². The van der Waals surface area contributed by atoms with Gasteiger partial charge in [0.1, 0.15) is 17.7 Å². The minimum absolute atomic E-state index is 0.0954. The summed E-state index contributed by atoms with van der Waals surface area (Å²) in [5.41, 5.74) is -0.113. The van der Waals surface area contributed by atoms with Gasteiger partial charge in [-0.25, -0.2) is 17.2 Å². The molecule has 10 heteroatoms. The van der Waals surface area contributed by atoms with Crippen LogP contribution in [-0.2, 0) is 14.8 Å². The summed E-state index contributed by atoms with van der Waals surface area (Å²) in [6.45, 7) is 4.15. The molecule has 0 saturated heterocycles. The van der Waals surface area contributed by atoms with Gasteiger partial charge in [-0.2, -0.15) is 4.72 Å². The Morgan fingerprint density at radius 2 is 1.63 bits per heavy atom. The second-order valence-corrected chi connectivity index (χ2v) is 8.86. The van der Waals surface area contributed by atoms with E-state index in [4.69, 9.17) is 9.47 Å². The highest BCUT2D eigenvalue weighted by Gasteiger charge is 2.29. The van der Waals surface area contributed by atoms with Crippen LogP contribution in [0.15, 0.2) is 41.3 Å². The molecular weight excluding hydrogens is 418 g/mol. The molecule has 0 bridgehead atoms. The molecule has 1 atom stereocenters. The number of carbonyl (C=O) groups is 1. The Hall–Kier alpha value is -2.72. The molecule has 0 fully saturated rings. The van der Waals surface area contributed by atoms with E-state index >= 15 is 0 Å². The van der Waals surface area contributed by atoms with Gasteiger partial charge in [0, 0.05) is 24.2 Å². The number of hydrogen-bond acceptors (Lipinski definition) is 5. The van der Waals surface area contributed by atoms with Crippen LogP contribution < -0.4 is 19.5 Å². The first-order valence-electron chi connectivity index (χ1n) is 9.34. The number of nitrogens with one attached hydrogen (secondary N) is 2. The summed E-state index contributed by atoms with van der Waals surface area (Å²) in [7, 11) is -4.10. The van der Waals surface area contributed by atoms with Gasteiger partial charge in [-0.05, 0) is 30.2 Å². The summed E-state index contributed by atoms with van der Waals surface area (Å²) >= 11 is 0. The Bertz CT molecular complexity index is 1020. The molecule has 0 unspecified atom stereocenters. The highest BCUT2D eigenvalue weighted by atomic mass is 32.2. The molecule has 0 aliphatic carbocycles. The Morgan fingerprint density at radius 3 is 2.27 bits per heavy atom. The molecule has 0 saturated carbocycles. The van der Waals surface area contributed by atoms with Crippen LogP contribution in [0.25, 0.3) is 0 Å². The Balaban J connectivity index is 1.81. The predicted molar refractivity (Wildman–Crippen MR) is 106 cm³/mol. The number of benzene rings is 2. The molecule has 0 aromatic heterocycles. The van der Waals surface area contributed by atoms with Gasteiger partial charge in [-0.1, -0.05) is 13.8 Å². The molecule has 1 amide bonds. The molecule has 30 heavy (non-hydrogen) atoms. The van der Waals surface area contributed by atoms with Gasteiger partial charge >= 0.3 is 0 Å². The zero-order valence-corrected chi connectivity index (χ0v) is 17.3. The van der Waals surface area contributed by atoms with Gasteiger partial charge in [0.2, 0.25) is 15.9 Å². The first-order chi connectivity index (χ1) is 14.2. The topological polar surface area (TPSA) is 93.7 Å². The molecule has 2 aromatic rings. The standard InChI is InChI=1S/C20H22F2N2O5S/c1-12(2)19(20(25)23-15-9-13(21)8-14(22)10-15)24-30(26,27)16-4-5-17-18(11-16)29-7-3-6-28-17/h4-5,8-12,19,24H,3,6-7H2,1-2H3,(H,23,25)/t19-/m0/s1. The number of hydrogen-bond donors (Lipinski definition) is 2. The van der Waals surface area contributed by atoms with E-state index in [1.165, 1.54) is 18.2 Å².